The Morgan fingerprint density at radius 2 is 0.870 bits per heavy atom. The standard InChI is InChI=1S/C12ClF8IO/c13-1-2(14)6(18)11(7(19)3(1)15)23-12-8(20)4(16)10(22)5(17)9(12)21. The molecule has 124 valence electrons. The summed E-state index contributed by atoms with van der Waals surface area (Å²) in [7, 11) is 0. The van der Waals surface area contributed by atoms with Crippen molar-refractivity contribution in [3.05, 3.63) is 55.1 Å². The highest BCUT2D eigenvalue weighted by molar-refractivity contribution is 14.1. The van der Waals surface area contributed by atoms with Crippen molar-refractivity contribution < 1.29 is 39.9 Å². The zero-order valence-corrected chi connectivity index (χ0v) is 13.1. The molecule has 0 aliphatic carbocycles. The van der Waals surface area contributed by atoms with Crippen LogP contribution in [0.15, 0.2) is 0 Å². The first-order chi connectivity index (χ1) is 10.6. The number of benzene rings is 2. The molecule has 0 radical (unpaired) electrons. The average Bonchev–Trinajstić information content (AvgIpc) is 2.54. The largest absolute Gasteiger partial charge is 0.444 e. The number of hydrogen-bond acceptors (Lipinski definition) is 1. The summed E-state index contributed by atoms with van der Waals surface area (Å²) in [5, 5.41) is -1.58. The minimum Gasteiger partial charge on any atom is -0.444 e. The van der Waals surface area contributed by atoms with Crippen molar-refractivity contribution in [1.82, 2.24) is 0 Å². The predicted octanol–water partition coefficient (Wildman–Crippen LogP) is 5.85. The second-order valence-electron chi connectivity index (χ2n) is 3.90. The van der Waals surface area contributed by atoms with E-state index < -0.39 is 66.6 Å². The number of hydrogen-bond donors (Lipinski definition) is 0. The van der Waals surface area contributed by atoms with Crippen LogP contribution < -0.4 is 4.74 Å². The van der Waals surface area contributed by atoms with Crippen LogP contribution in [0.1, 0.15) is 0 Å². The van der Waals surface area contributed by atoms with Gasteiger partial charge in [-0.15, -0.1) is 0 Å². The molecule has 1 nitrogen and oxygen atoms in total. The smallest absolute Gasteiger partial charge is 0.206 e. The molecule has 2 aromatic rings. The van der Waals surface area contributed by atoms with E-state index in [2.05, 4.69) is 4.74 Å². The van der Waals surface area contributed by atoms with Crippen LogP contribution >= 0.6 is 34.2 Å². The summed E-state index contributed by atoms with van der Waals surface area (Å²) in [6.45, 7) is 0. The van der Waals surface area contributed by atoms with E-state index in [-0.39, 0.29) is 0 Å². The lowest BCUT2D eigenvalue weighted by atomic mass is 10.2. The Kier molecular flexibility index (Phi) is 4.95. The molecule has 0 heterocycles. The van der Waals surface area contributed by atoms with E-state index in [0.29, 0.717) is 0 Å². The van der Waals surface area contributed by atoms with Gasteiger partial charge in [-0.05, 0) is 22.6 Å². The Morgan fingerprint density at radius 3 is 1.22 bits per heavy atom. The van der Waals surface area contributed by atoms with Gasteiger partial charge in [0.25, 0.3) is 0 Å². The monoisotopic (exact) mass is 474 g/mol. The van der Waals surface area contributed by atoms with E-state index in [1.165, 1.54) is 0 Å². The Morgan fingerprint density at radius 1 is 0.565 bits per heavy atom. The maximum absolute atomic E-state index is 13.6. The lowest BCUT2D eigenvalue weighted by Crippen LogP contribution is -2.07. The van der Waals surface area contributed by atoms with Crippen LogP contribution in [-0.4, -0.2) is 0 Å². The molecule has 0 aliphatic rings. The molecule has 0 unspecified atom stereocenters. The molecule has 0 saturated heterocycles. The van der Waals surface area contributed by atoms with Crippen molar-refractivity contribution in [1.29, 1.82) is 0 Å². The first-order valence-electron chi connectivity index (χ1n) is 5.30. The van der Waals surface area contributed by atoms with Crippen LogP contribution in [0.2, 0.25) is 5.02 Å². The van der Waals surface area contributed by atoms with Gasteiger partial charge in [-0.25, -0.2) is 17.6 Å². The summed E-state index contributed by atoms with van der Waals surface area (Å²) in [5.74, 6) is -20.7. The fraction of sp³-hybridized carbons (Fsp3) is 0. The molecule has 0 aromatic heterocycles. The Bertz CT molecular complexity index is 700. The lowest BCUT2D eigenvalue weighted by Gasteiger charge is -2.13. The molecule has 0 atom stereocenters. The van der Waals surface area contributed by atoms with Crippen molar-refractivity contribution in [2.75, 3.05) is 0 Å². The molecule has 2 aromatic carbocycles. The van der Waals surface area contributed by atoms with Gasteiger partial charge in [0.1, 0.15) is 5.02 Å². The van der Waals surface area contributed by atoms with Gasteiger partial charge in [0.05, 0.1) is 3.57 Å². The van der Waals surface area contributed by atoms with E-state index in [1.807, 2.05) is 0 Å². The maximum atomic E-state index is 13.6. The van der Waals surface area contributed by atoms with Crippen LogP contribution in [0.25, 0.3) is 0 Å². The normalized spacial score (nSPS) is 11.0. The first kappa shape index (κ1) is 18.0. The van der Waals surface area contributed by atoms with Crippen LogP contribution in [0.5, 0.6) is 11.5 Å². The van der Waals surface area contributed by atoms with Gasteiger partial charge in [0.15, 0.2) is 23.3 Å². The van der Waals surface area contributed by atoms with E-state index in [9.17, 15) is 35.1 Å². The van der Waals surface area contributed by atoms with Crippen LogP contribution in [0.4, 0.5) is 35.1 Å². The molecule has 11 heteroatoms. The average molecular weight is 474 g/mol. The van der Waals surface area contributed by atoms with E-state index in [1.54, 1.807) is 0 Å². The van der Waals surface area contributed by atoms with Crippen molar-refractivity contribution in [2.24, 2.45) is 0 Å². The highest BCUT2D eigenvalue weighted by Gasteiger charge is 2.31. The molecular formula is C12ClF8IO. The maximum Gasteiger partial charge on any atom is 0.206 e. The fourth-order valence-corrected chi connectivity index (χ4v) is 2.09. The second kappa shape index (κ2) is 6.30. The molecule has 0 saturated carbocycles. The summed E-state index contributed by atoms with van der Waals surface area (Å²) >= 11 is 5.87. The molecule has 0 spiro atoms. The predicted molar refractivity (Wildman–Crippen MR) is 70.3 cm³/mol. The highest BCUT2D eigenvalue weighted by atomic mass is 127. The summed E-state index contributed by atoms with van der Waals surface area (Å²) in [4.78, 5) is 0. The SMILES string of the molecule is Fc1c(F)c(Oc2c(F)c(F)c(I)c(F)c2F)c(F)c(F)c1Cl. The van der Waals surface area contributed by atoms with Gasteiger partial charge >= 0.3 is 0 Å². The molecule has 23 heavy (non-hydrogen) atoms. The minimum absolute atomic E-state index is 0.925. The summed E-state index contributed by atoms with van der Waals surface area (Å²) < 4.78 is 110. The molecule has 0 fully saturated rings. The van der Waals surface area contributed by atoms with Gasteiger partial charge in [0, 0.05) is 0 Å². The third-order valence-corrected chi connectivity index (χ3v) is 3.82. The fourth-order valence-electron chi connectivity index (χ4n) is 1.45. The quantitative estimate of drug-likeness (QED) is 0.230. The van der Waals surface area contributed by atoms with Gasteiger partial charge in [-0.3, -0.25) is 0 Å². The molecule has 0 bridgehead atoms. The second-order valence-corrected chi connectivity index (χ2v) is 5.36. The highest BCUT2D eigenvalue weighted by Crippen LogP contribution is 2.39. The third kappa shape index (κ3) is 2.82. The number of ether oxygens (including phenoxy) is 1. The lowest BCUT2D eigenvalue weighted by molar-refractivity contribution is 0.323. The van der Waals surface area contributed by atoms with Crippen LogP contribution in [0, 0.1) is 50.1 Å². The minimum atomic E-state index is -2.24. The van der Waals surface area contributed by atoms with Gasteiger partial charge in [-0.1, -0.05) is 11.6 Å². The van der Waals surface area contributed by atoms with Crippen molar-refractivity contribution in [2.45, 2.75) is 0 Å². The Labute approximate surface area is 140 Å². The zero-order chi connectivity index (χ0) is 17.6. The summed E-state index contributed by atoms with van der Waals surface area (Å²) in [6, 6.07) is 0. The number of halogens is 10. The summed E-state index contributed by atoms with van der Waals surface area (Å²) in [6.07, 6.45) is 0. The summed E-state index contributed by atoms with van der Waals surface area (Å²) in [5.41, 5.74) is 0. The van der Waals surface area contributed by atoms with Gasteiger partial charge in [-0.2, -0.15) is 17.6 Å². The molecule has 2 rings (SSSR count). The van der Waals surface area contributed by atoms with Crippen molar-refractivity contribution >= 4 is 34.2 Å². The van der Waals surface area contributed by atoms with Crippen LogP contribution in [-0.2, 0) is 0 Å². The van der Waals surface area contributed by atoms with Crippen molar-refractivity contribution in [3.8, 4) is 11.5 Å². The van der Waals surface area contributed by atoms with Crippen LogP contribution in [0.3, 0.4) is 0 Å². The molecule has 0 N–H and O–H groups in total. The number of rotatable bonds is 2. The van der Waals surface area contributed by atoms with E-state index in [0.717, 1.165) is 22.6 Å². The Hall–Kier alpha value is -1.30. The van der Waals surface area contributed by atoms with E-state index >= 15 is 0 Å². The first-order valence-corrected chi connectivity index (χ1v) is 6.75. The van der Waals surface area contributed by atoms with Gasteiger partial charge < -0.3 is 4.74 Å². The zero-order valence-electron chi connectivity index (χ0n) is 10.2. The third-order valence-electron chi connectivity index (χ3n) is 2.54. The van der Waals surface area contributed by atoms with E-state index in [4.69, 9.17) is 11.6 Å². The Balaban J connectivity index is 2.71. The van der Waals surface area contributed by atoms with Crippen molar-refractivity contribution in [3.63, 3.8) is 0 Å². The van der Waals surface area contributed by atoms with Gasteiger partial charge in [0.2, 0.25) is 34.8 Å². The molecule has 0 aliphatic heterocycles. The topological polar surface area (TPSA) is 9.23 Å². The molecule has 0 amide bonds. The molecular weight excluding hydrogens is 474 g/mol.